The summed E-state index contributed by atoms with van der Waals surface area (Å²) in [6.07, 6.45) is 8.08. The number of nitrogens with zero attached hydrogens (tertiary/aromatic N) is 2. The van der Waals surface area contributed by atoms with Gasteiger partial charge in [-0.05, 0) is 67.5 Å². The molecule has 0 unspecified atom stereocenters. The molecule has 1 aromatic heterocycles. The molecular formula is C22H27N3O3. The molecule has 1 aromatic carbocycles. The van der Waals surface area contributed by atoms with Crippen LogP contribution in [0.1, 0.15) is 41.6 Å². The lowest BCUT2D eigenvalue weighted by molar-refractivity contribution is -0.131. The quantitative estimate of drug-likeness (QED) is 0.713. The molecule has 0 saturated carbocycles. The molecule has 148 valence electrons. The van der Waals surface area contributed by atoms with Crippen molar-refractivity contribution in [1.82, 2.24) is 9.88 Å². The molecule has 2 amide bonds. The third-order valence-electron chi connectivity index (χ3n) is 5.21. The van der Waals surface area contributed by atoms with Crippen LogP contribution in [0, 0.1) is 5.92 Å². The SMILES string of the molecule is NC(=O)c1ccc(OCCCC2CCN(C(=O)Cc3cccnc3)CC2)cc1. The van der Waals surface area contributed by atoms with E-state index in [9.17, 15) is 9.59 Å². The van der Waals surface area contributed by atoms with Gasteiger partial charge < -0.3 is 15.4 Å². The summed E-state index contributed by atoms with van der Waals surface area (Å²) in [6, 6.07) is 10.7. The zero-order valence-electron chi connectivity index (χ0n) is 16.0. The van der Waals surface area contributed by atoms with E-state index >= 15 is 0 Å². The first-order valence-corrected chi connectivity index (χ1v) is 9.81. The Morgan fingerprint density at radius 3 is 2.54 bits per heavy atom. The van der Waals surface area contributed by atoms with Gasteiger partial charge in [-0.15, -0.1) is 0 Å². The number of carbonyl (C=O) groups excluding carboxylic acids is 2. The molecule has 0 aliphatic carbocycles. The largest absolute Gasteiger partial charge is 0.494 e. The van der Waals surface area contributed by atoms with Crippen molar-refractivity contribution in [3.63, 3.8) is 0 Å². The molecule has 1 fully saturated rings. The predicted octanol–water partition coefficient (Wildman–Crippen LogP) is 2.82. The van der Waals surface area contributed by atoms with Crippen molar-refractivity contribution < 1.29 is 14.3 Å². The molecule has 1 aliphatic rings. The minimum absolute atomic E-state index is 0.189. The van der Waals surface area contributed by atoms with Crippen molar-refractivity contribution >= 4 is 11.8 Å². The summed E-state index contributed by atoms with van der Waals surface area (Å²) in [6.45, 7) is 2.31. The van der Waals surface area contributed by atoms with Crippen molar-refractivity contribution in [3.8, 4) is 5.75 Å². The maximum absolute atomic E-state index is 12.4. The average molecular weight is 381 g/mol. The van der Waals surface area contributed by atoms with Crippen molar-refractivity contribution in [3.05, 3.63) is 59.9 Å². The van der Waals surface area contributed by atoms with Gasteiger partial charge in [0.05, 0.1) is 13.0 Å². The van der Waals surface area contributed by atoms with E-state index in [1.807, 2.05) is 17.0 Å². The Balaban J connectivity index is 1.32. The molecule has 6 heteroatoms. The fraction of sp³-hybridized carbons (Fsp3) is 0.409. The molecule has 3 rings (SSSR count). The Morgan fingerprint density at radius 1 is 1.14 bits per heavy atom. The van der Waals surface area contributed by atoms with E-state index in [1.165, 1.54) is 0 Å². The molecule has 2 aromatic rings. The minimum Gasteiger partial charge on any atom is -0.494 e. The lowest BCUT2D eigenvalue weighted by Crippen LogP contribution is -2.39. The highest BCUT2D eigenvalue weighted by molar-refractivity contribution is 5.92. The lowest BCUT2D eigenvalue weighted by Gasteiger charge is -2.32. The molecule has 1 saturated heterocycles. The first kappa shape index (κ1) is 19.9. The van der Waals surface area contributed by atoms with Gasteiger partial charge >= 0.3 is 0 Å². The van der Waals surface area contributed by atoms with Gasteiger partial charge in [0.2, 0.25) is 11.8 Å². The van der Waals surface area contributed by atoms with Crippen LogP contribution in [0.5, 0.6) is 5.75 Å². The zero-order valence-corrected chi connectivity index (χ0v) is 16.0. The first-order valence-electron chi connectivity index (χ1n) is 9.81. The Kier molecular flexibility index (Phi) is 7.00. The Hall–Kier alpha value is -2.89. The van der Waals surface area contributed by atoms with Gasteiger partial charge in [-0.3, -0.25) is 14.6 Å². The number of ether oxygens (including phenoxy) is 1. The van der Waals surface area contributed by atoms with Crippen molar-refractivity contribution in [2.24, 2.45) is 11.7 Å². The molecule has 6 nitrogen and oxygen atoms in total. The summed E-state index contributed by atoms with van der Waals surface area (Å²) in [5, 5.41) is 0. The number of benzene rings is 1. The molecule has 2 N–H and O–H groups in total. The third kappa shape index (κ3) is 5.81. The van der Waals surface area contributed by atoms with Crippen LogP contribution in [0.2, 0.25) is 0 Å². The van der Waals surface area contributed by atoms with Crippen LogP contribution in [0.15, 0.2) is 48.8 Å². The highest BCUT2D eigenvalue weighted by Gasteiger charge is 2.22. The number of rotatable bonds is 8. The average Bonchev–Trinajstić information content (AvgIpc) is 2.72. The van der Waals surface area contributed by atoms with Gasteiger partial charge in [-0.1, -0.05) is 6.07 Å². The predicted molar refractivity (Wildman–Crippen MR) is 107 cm³/mol. The van der Waals surface area contributed by atoms with Gasteiger partial charge in [0.1, 0.15) is 5.75 Å². The van der Waals surface area contributed by atoms with Gasteiger partial charge in [-0.25, -0.2) is 0 Å². The summed E-state index contributed by atoms with van der Waals surface area (Å²) >= 11 is 0. The molecule has 1 aliphatic heterocycles. The Labute approximate surface area is 165 Å². The standard InChI is InChI=1S/C22H27N3O3/c23-22(27)19-5-7-20(8-6-19)28-14-2-4-17-9-12-25(13-10-17)21(26)15-18-3-1-11-24-16-18/h1,3,5-8,11,16-17H,2,4,9-10,12-15H2,(H2,23,27). The van der Waals surface area contributed by atoms with Crippen LogP contribution >= 0.6 is 0 Å². The topological polar surface area (TPSA) is 85.5 Å². The van der Waals surface area contributed by atoms with E-state index in [4.69, 9.17) is 10.5 Å². The maximum Gasteiger partial charge on any atom is 0.248 e. The summed E-state index contributed by atoms with van der Waals surface area (Å²) in [7, 11) is 0. The van der Waals surface area contributed by atoms with Crippen LogP contribution in [0.25, 0.3) is 0 Å². The molecule has 0 atom stereocenters. The second kappa shape index (κ2) is 9.88. The number of hydrogen-bond donors (Lipinski definition) is 1. The van der Waals surface area contributed by atoms with Crippen LogP contribution in [-0.2, 0) is 11.2 Å². The van der Waals surface area contributed by atoms with Crippen molar-refractivity contribution in [2.45, 2.75) is 32.1 Å². The number of aromatic nitrogens is 1. The van der Waals surface area contributed by atoms with Crippen molar-refractivity contribution in [1.29, 1.82) is 0 Å². The zero-order chi connectivity index (χ0) is 19.8. The van der Waals surface area contributed by atoms with Gasteiger partial charge in [0.15, 0.2) is 0 Å². The van der Waals surface area contributed by atoms with Gasteiger partial charge in [-0.2, -0.15) is 0 Å². The molecule has 28 heavy (non-hydrogen) atoms. The second-order valence-corrected chi connectivity index (χ2v) is 7.24. The van der Waals surface area contributed by atoms with Gasteiger partial charge in [0.25, 0.3) is 0 Å². The van der Waals surface area contributed by atoms with Gasteiger partial charge in [0, 0.05) is 31.0 Å². The summed E-state index contributed by atoms with van der Waals surface area (Å²) in [5.74, 6) is 1.15. The van der Waals surface area contributed by atoms with Crippen LogP contribution in [0.4, 0.5) is 0 Å². The smallest absolute Gasteiger partial charge is 0.248 e. The fourth-order valence-corrected chi connectivity index (χ4v) is 3.54. The monoisotopic (exact) mass is 381 g/mol. The Bertz CT molecular complexity index is 769. The number of pyridine rings is 1. The van der Waals surface area contributed by atoms with E-state index in [2.05, 4.69) is 4.98 Å². The fourth-order valence-electron chi connectivity index (χ4n) is 3.54. The molecular weight excluding hydrogens is 354 g/mol. The molecule has 2 heterocycles. The number of piperidine rings is 1. The third-order valence-corrected chi connectivity index (χ3v) is 5.21. The summed E-state index contributed by atoms with van der Waals surface area (Å²) in [5.41, 5.74) is 6.68. The van der Waals surface area contributed by atoms with Crippen LogP contribution in [0.3, 0.4) is 0 Å². The number of likely N-dealkylation sites (tertiary alicyclic amines) is 1. The van der Waals surface area contributed by atoms with Crippen LogP contribution < -0.4 is 10.5 Å². The summed E-state index contributed by atoms with van der Waals surface area (Å²) < 4.78 is 5.73. The number of nitrogens with two attached hydrogens (primary N) is 1. The maximum atomic E-state index is 12.4. The van der Waals surface area contributed by atoms with E-state index in [-0.39, 0.29) is 5.91 Å². The van der Waals surface area contributed by atoms with E-state index < -0.39 is 5.91 Å². The normalized spacial score (nSPS) is 14.6. The van der Waals surface area contributed by atoms with E-state index in [0.29, 0.717) is 24.5 Å². The second-order valence-electron chi connectivity index (χ2n) is 7.24. The summed E-state index contributed by atoms with van der Waals surface area (Å²) in [4.78, 5) is 29.5. The first-order chi connectivity index (χ1) is 13.6. The highest BCUT2D eigenvalue weighted by atomic mass is 16.5. The number of amides is 2. The molecule has 0 bridgehead atoms. The van der Waals surface area contributed by atoms with Crippen molar-refractivity contribution in [2.75, 3.05) is 19.7 Å². The lowest BCUT2D eigenvalue weighted by atomic mass is 9.92. The molecule has 0 radical (unpaired) electrons. The Morgan fingerprint density at radius 2 is 1.89 bits per heavy atom. The molecule has 0 spiro atoms. The number of primary amides is 1. The van der Waals surface area contributed by atoms with E-state index in [0.717, 1.165) is 50.1 Å². The number of carbonyl (C=O) groups is 2. The number of hydrogen-bond acceptors (Lipinski definition) is 4. The van der Waals surface area contributed by atoms with E-state index in [1.54, 1.807) is 36.7 Å². The minimum atomic E-state index is -0.434. The highest BCUT2D eigenvalue weighted by Crippen LogP contribution is 2.23. The van der Waals surface area contributed by atoms with Crippen LogP contribution in [-0.4, -0.2) is 41.4 Å².